The Morgan fingerprint density at radius 3 is 2.90 bits per heavy atom. The molecular weight excluding hydrogens is 260 g/mol. The average molecular weight is 274 g/mol. The summed E-state index contributed by atoms with van der Waals surface area (Å²) in [4.78, 5) is 25.8. The zero-order valence-electron chi connectivity index (χ0n) is 10.6. The Bertz CT molecular complexity index is 647. The second-order valence-corrected chi connectivity index (χ2v) is 4.09. The normalized spacial score (nSPS) is 11.8. The number of hydrogen-bond acceptors (Lipinski definition) is 3. The van der Waals surface area contributed by atoms with E-state index in [0.717, 1.165) is 10.9 Å². The molecule has 1 amide bonds. The number of carbonyl (C=O) groups excluding carboxylic acids is 1. The van der Waals surface area contributed by atoms with Crippen LogP contribution in [0, 0.1) is 0 Å². The van der Waals surface area contributed by atoms with Crippen LogP contribution in [0.1, 0.15) is 11.6 Å². The molecule has 104 valence electrons. The lowest BCUT2D eigenvalue weighted by Gasteiger charge is -2.13. The van der Waals surface area contributed by atoms with E-state index in [9.17, 15) is 14.7 Å². The van der Waals surface area contributed by atoms with Crippen LogP contribution < -0.4 is 5.32 Å². The van der Waals surface area contributed by atoms with Gasteiger partial charge in [-0.3, -0.25) is 0 Å². The number of fused-ring (bicyclic) bond motifs is 1. The van der Waals surface area contributed by atoms with Crippen molar-refractivity contribution in [2.24, 2.45) is 0 Å². The van der Waals surface area contributed by atoms with Crippen LogP contribution in [0.3, 0.4) is 0 Å². The number of hydrogen-bond donors (Lipinski definition) is 3. The summed E-state index contributed by atoms with van der Waals surface area (Å²) < 4.78 is 4.74. The van der Waals surface area contributed by atoms with Crippen LogP contribution in [0.15, 0.2) is 43.1 Å². The minimum Gasteiger partial charge on any atom is -0.479 e. The maximum atomic E-state index is 11.5. The minimum absolute atomic E-state index is 0.0199. The van der Waals surface area contributed by atoms with E-state index in [1.807, 2.05) is 12.1 Å². The Hall–Kier alpha value is -2.76. The molecule has 20 heavy (non-hydrogen) atoms. The molecule has 1 atom stereocenters. The number of H-pyrrole nitrogens is 1. The summed E-state index contributed by atoms with van der Waals surface area (Å²) in [5.74, 6) is -1.16. The van der Waals surface area contributed by atoms with Crippen LogP contribution in [0.2, 0.25) is 0 Å². The largest absolute Gasteiger partial charge is 0.479 e. The first-order valence-electron chi connectivity index (χ1n) is 5.96. The van der Waals surface area contributed by atoms with E-state index < -0.39 is 18.1 Å². The van der Waals surface area contributed by atoms with Gasteiger partial charge in [0, 0.05) is 22.7 Å². The van der Waals surface area contributed by atoms with Crippen LogP contribution in [0.4, 0.5) is 4.79 Å². The number of carboxylic acid groups (broad SMARTS) is 1. The van der Waals surface area contributed by atoms with Gasteiger partial charge in [-0.1, -0.05) is 30.9 Å². The lowest BCUT2D eigenvalue weighted by molar-refractivity contribution is -0.139. The molecule has 0 bridgehead atoms. The molecule has 0 aliphatic heterocycles. The van der Waals surface area contributed by atoms with Crippen molar-refractivity contribution in [3.8, 4) is 0 Å². The number of nitrogens with one attached hydrogen (secondary N) is 2. The molecule has 2 aromatic rings. The lowest BCUT2D eigenvalue weighted by Crippen LogP contribution is -2.34. The maximum Gasteiger partial charge on any atom is 0.408 e. The van der Waals surface area contributed by atoms with Crippen molar-refractivity contribution in [3.05, 3.63) is 48.7 Å². The fourth-order valence-corrected chi connectivity index (χ4v) is 1.90. The highest BCUT2D eigenvalue weighted by molar-refractivity contribution is 5.90. The van der Waals surface area contributed by atoms with Gasteiger partial charge in [0.2, 0.25) is 0 Å². The van der Waals surface area contributed by atoms with Crippen molar-refractivity contribution in [3.63, 3.8) is 0 Å². The molecule has 0 radical (unpaired) electrons. The fourth-order valence-electron chi connectivity index (χ4n) is 1.90. The average Bonchev–Trinajstić information content (AvgIpc) is 2.86. The van der Waals surface area contributed by atoms with E-state index in [1.165, 1.54) is 6.08 Å². The van der Waals surface area contributed by atoms with Crippen molar-refractivity contribution in [1.29, 1.82) is 0 Å². The summed E-state index contributed by atoms with van der Waals surface area (Å²) in [6.07, 6.45) is 2.17. The fraction of sp³-hybridized carbons (Fsp3) is 0.143. The van der Waals surface area contributed by atoms with Crippen molar-refractivity contribution >= 4 is 23.0 Å². The molecule has 0 saturated heterocycles. The molecule has 2 rings (SSSR count). The summed E-state index contributed by atoms with van der Waals surface area (Å²) >= 11 is 0. The lowest BCUT2D eigenvalue weighted by atomic mass is 10.1. The third kappa shape index (κ3) is 2.80. The summed E-state index contributed by atoms with van der Waals surface area (Å²) in [7, 11) is 0. The molecule has 3 N–H and O–H groups in total. The molecular formula is C14H14N2O4. The molecule has 1 aromatic heterocycles. The summed E-state index contributed by atoms with van der Waals surface area (Å²) in [6, 6.07) is 6.07. The van der Waals surface area contributed by atoms with Crippen LogP contribution in [0.5, 0.6) is 0 Å². The van der Waals surface area contributed by atoms with Crippen LogP contribution in [-0.2, 0) is 9.53 Å². The predicted octanol–water partition coefficient (Wildman–Crippen LogP) is 2.21. The van der Waals surface area contributed by atoms with Crippen molar-refractivity contribution < 1.29 is 19.4 Å². The van der Waals surface area contributed by atoms with Gasteiger partial charge >= 0.3 is 12.1 Å². The number of benzene rings is 1. The second-order valence-electron chi connectivity index (χ2n) is 4.09. The van der Waals surface area contributed by atoms with Crippen LogP contribution in [-0.4, -0.2) is 28.8 Å². The third-order valence-electron chi connectivity index (χ3n) is 2.77. The Kier molecular flexibility index (Phi) is 4.05. The molecule has 0 aliphatic rings. The number of aromatic nitrogens is 1. The van der Waals surface area contributed by atoms with Crippen LogP contribution >= 0.6 is 0 Å². The van der Waals surface area contributed by atoms with E-state index in [2.05, 4.69) is 16.9 Å². The van der Waals surface area contributed by atoms with Gasteiger partial charge in [-0.05, 0) is 6.07 Å². The molecule has 1 aromatic carbocycles. The number of ether oxygens (including phenoxy) is 1. The molecule has 1 unspecified atom stereocenters. The Morgan fingerprint density at radius 2 is 2.20 bits per heavy atom. The summed E-state index contributed by atoms with van der Waals surface area (Å²) in [5, 5.41) is 12.3. The number of carbonyl (C=O) groups is 2. The Labute approximate surface area is 115 Å². The highest BCUT2D eigenvalue weighted by Crippen LogP contribution is 2.24. The number of aliphatic carboxylic acids is 1. The van der Waals surface area contributed by atoms with Crippen molar-refractivity contribution in [1.82, 2.24) is 10.3 Å². The van der Waals surface area contributed by atoms with E-state index in [4.69, 9.17) is 4.74 Å². The molecule has 0 fully saturated rings. The number of aromatic amines is 1. The summed E-state index contributed by atoms with van der Waals surface area (Å²) in [6.45, 7) is 3.43. The van der Waals surface area contributed by atoms with Crippen LogP contribution in [0.25, 0.3) is 10.9 Å². The zero-order valence-corrected chi connectivity index (χ0v) is 10.6. The minimum atomic E-state index is -1.18. The van der Waals surface area contributed by atoms with Crippen molar-refractivity contribution in [2.75, 3.05) is 6.61 Å². The topological polar surface area (TPSA) is 91.4 Å². The van der Waals surface area contributed by atoms with E-state index >= 15 is 0 Å². The monoisotopic (exact) mass is 274 g/mol. The standard InChI is InChI=1S/C14H14N2O4/c1-2-7-20-14(19)16-12(13(17)18)10-8-15-11-6-4-3-5-9(10)11/h2-6,8,12,15H,1,7H2,(H,16,19)(H,17,18). The van der Waals surface area contributed by atoms with Gasteiger partial charge in [-0.2, -0.15) is 0 Å². The smallest absolute Gasteiger partial charge is 0.408 e. The SMILES string of the molecule is C=CCOC(=O)NC(C(=O)O)c1c[nH]c2ccccc12. The van der Waals surface area contributed by atoms with Gasteiger partial charge in [0.25, 0.3) is 0 Å². The Morgan fingerprint density at radius 1 is 1.45 bits per heavy atom. The van der Waals surface area contributed by atoms with Gasteiger partial charge in [-0.25, -0.2) is 9.59 Å². The van der Waals surface area contributed by atoms with E-state index in [0.29, 0.717) is 5.56 Å². The highest BCUT2D eigenvalue weighted by Gasteiger charge is 2.25. The number of alkyl carbamates (subject to hydrolysis) is 1. The molecule has 0 saturated carbocycles. The molecule has 6 nitrogen and oxygen atoms in total. The van der Waals surface area contributed by atoms with Gasteiger partial charge in [0.05, 0.1) is 0 Å². The third-order valence-corrected chi connectivity index (χ3v) is 2.77. The van der Waals surface area contributed by atoms with Gasteiger partial charge in [0.1, 0.15) is 6.61 Å². The quantitative estimate of drug-likeness (QED) is 0.729. The highest BCUT2D eigenvalue weighted by atomic mass is 16.5. The van der Waals surface area contributed by atoms with E-state index in [-0.39, 0.29) is 6.61 Å². The van der Waals surface area contributed by atoms with Gasteiger partial charge in [-0.15, -0.1) is 0 Å². The number of amides is 1. The maximum absolute atomic E-state index is 11.5. The van der Waals surface area contributed by atoms with Crippen molar-refractivity contribution in [2.45, 2.75) is 6.04 Å². The second kappa shape index (κ2) is 5.92. The number of carboxylic acids is 1. The van der Waals surface area contributed by atoms with Gasteiger partial charge < -0.3 is 20.1 Å². The first-order valence-corrected chi connectivity index (χ1v) is 5.96. The first kappa shape index (κ1) is 13.7. The summed E-state index contributed by atoms with van der Waals surface area (Å²) in [5.41, 5.74) is 1.28. The Balaban J connectivity index is 2.27. The van der Waals surface area contributed by atoms with Gasteiger partial charge in [0.15, 0.2) is 6.04 Å². The molecule has 0 spiro atoms. The van der Waals surface area contributed by atoms with E-state index in [1.54, 1.807) is 18.3 Å². The molecule has 6 heteroatoms. The first-order chi connectivity index (χ1) is 9.63. The predicted molar refractivity (Wildman–Crippen MR) is 73.4 cm³/mol. The number of para-hydroxylation sites is 1. The zero-order chi connectivity index (χ0) is 14.5. The molecule has 1 heterocycles. The number of rotatable bonds is 5. The molecule has 0 aliphatic carbocycles.